The standard InChI is InChI=1S/C20H22N2O4S/c1-15-3-9-18(10-4-15)27-12-11-19(23)22-21-13-16-5-7-17(8-6-16)26-14-20(24)25-2/h3-10,13H,11-12,14H2,1-2H3,(H,22,23)/b21-13-. The molecule has 0 aliphatic rings. The van der Waals surface area contributed by atoms with Crippen LogP contribution in [0.5, 0.6) is 5.75 Å². The number of hydrogen-bond donors (Lipinski definition) is 1. The summed E-state index contributed by atoms with van der Waals surface area (Å²) in [6.07, 6.45) is 1.94. The highest BCUT2D eigenvalue weighted by Crippen LogP contribution is 2.18. The van der Waals surface area contributed by atoms with E-state index < -0.39 is 5.97 Å². The normalized spacial score (nSPS) is 10.6. The number of esters is 1. The monoisotopic (exact) mass is 386 g/mol. The second-order valence-corrected chi connectivity index (χ2v) is 6.81. The van der Waals surface area contributed by atoms with Crippen molar-refractivity contribution in [1.82, 2.24) is 5.43 Å². The van der Waals surface area contributed by atoms with Crippen LogP contribution in [-0.4, -0.2) is 37.6 Å². The third-order valence-electron chi connectivity index (χ3n) is 3.49. The Bertz CT molecular complexity index is 774. The van der Waals surface area contributed by atoms with Crippen LogP contribution in [0.2, 0.25) is 0 Å². The lowest BCUT2D eigenvalue weighted by Gasteiger charge is -2.04. The van der Waals surface area contributed by atoms with Gasteiger partial charge in [-0.1, -0.05) is 17.7 Å². The number of hydrogen-bond acceptors (Lipinski definition) is 6. The highest BCUT2D eigenvalue weighted by atomic mass is 32.2. The number of hydrazone groups is 1. The van der Waals surface area contributed by atoms with E-state index in [2.05, 4.69) is 39.5 Å². The molecule has 142 valence electrons. The molecular formula is C20H22N2O4S. The van der Waals surface area contributed by atoms with E-state index in [1.807, 2.05) is 6.92 Å². The second kappa shape index (κ2) is 11.0. The number of ether oxygens (including phenoxy) is 2. The van der Waals surface area contributed by atoms with E-state index in [0.717, 1.165) is 10.5 Å². The Labute approximate surface area is 162 Å². The van der Waals surface area contributed by atoms with Gasteiger partial charge in [0, 0.05) is 17.1 Å². The van der Waals surface area contributed by atoms with Crippen molar-refractivity contribution >= 4 is 29.9 Å². The fourth-order valence-electron chi connectivity index (χ4n) is 1.98. The van der Waals surface area contributed by atoms with E-state index in [4.69, 9.17) is 4.74 Å². The molecule has 1 N–H and O–H groups in total. The quantitative estimate of drug-likeness (QED) is 0.310. The summed E-state index contributed by atoms with van der Waals surface area (Å²) in [4.78, 5) is 24.0. The molecule has 0 bridgehead atoms. The van der Waals surface area contributed by atoms with Crippen molar-refractivity contribution in [2.45, 2.75) is 18.2 Å². The van der Waals surface area contributed by atoms with Gasteiger partial charge in [-0.2, -0.15) is 5.10 Å². The van der Waals surface area contributed by atoms with Crippen molar-refractivity contribution in [3.05, 3.63) is 59.7 Å². The molecule has 0 radical (unpaired) electrons. The van der Waals surface area contributed by atoms with Gasteiger partial charge >= 0.3 is 5.97 Å². The van der Waals surface area contributed by atoms with Crippen LogP contribution < -0.4 is 10.2 Å². The molecule has 0 saturated carbocycles. The van der Waals surface area contributed by atoms with Gasteiger partial charge in [-0.25, -0.2) is 10.2 Å². The van der Waals surface area contributed by atoms with Gasteiger partial charge < -0.3 is 9.47 Å². The first-order valence-electron chi connectivity index (χ1n) is 8.38. The third kappa shape index (κ3) is 7.96. The third-order valence-corrected chi connectivity index (χ3v) is 4.50. The molecule has 0 aliphatic carbocycles. The first-order valence-corrected chi connectivity index (χ1v) is 9.36. The first-order chi connectivity index (χ1) is 13.1. The molecule has 0 atom stereocenters. The maximum atomic E-state index is 11.8. The van der Waals surface area contributed by atoms with Gasteiger partial charge in [-0.3, -0.25) is 4.79 Å². The molecule has 6 nitrogen and oxygen atoms in total. The van der Waals surface area contributed by atoms with E-state index in [1.54, 1.807) is 42.2 Å². The number of nitrogens with zero attached hydrogens (tertiary/aromatic N) is 1. The van der Waals surface area contributed by atoms with Crippen molar-refractivity contribution in [3.8, 4) is 5.75 Å². The summed E-state index contributed by atoms with van der Waals surface area (Å²) in [6, 6.07) is 15.2. The van der Waals surface area contributed by atoms with E-state index in [0.29, 0.717) is 17.9 Å². The van der Waals surface area contributed by atoms with E-state index >= 15 is 0 Å². The predicted molar refractivity (Wildman–Crippen MR) is 106 cm³/mol. The van der Waals surface area contributed by atoms with Crippen molar-refractivity contribution in [2.24, 2.45) is 5.10 Å². The maximum Gasteiger partial charge on any atom is 0.343 e. The SMILES string of the molecule is COC(=O)COc1ccc(/C=N\NC(=O)CCSc2ccc(C)cc2)cc1. The zero-order chi connectivity index (χ0) is 19.5. The second-order valence-electron chi connectivity index (χ2n) is 5.64. The molecule has 0 unspecified atom stereocenters. The Kier molecular flexibility index (Phi) is 8.38. The fourth-order valence-corrected chi connectivity index (χ4v) is 2.83. The highest BCUT2D eigenvalue weighted by Gasteiger charge is 2.02. The molecule has 27 heavy (non-hydrogen) atoms. The largest absolute Gasteiger partial charge is 0.482 e. The number of rotatable bonds is 9. The maximum absolute atomic E-state index is 11.8. The van der Waals surface area contributed by atoms with Gasteiger partial charge in [-0.15, -0.1) is 11.8 Å². The minimum absolute atomic E-state index is 0.135. The number of aryl methyl sites for hydroxylation is 1. The Morgan fingerprint density at radius 1 is 1.11 bits per heavy atom. The molecule has 0 heterocycles. The summed E-state index contributed by atoms with van der Waals surface area (Å²) < 4.78 is 9.75. The van der Waals surface area contributed by atoms with Crippen LogP contribution in [0.4, 0.5) is 0 Å². The Balaban J connectivity index is 1.68. The number of benzene rings is 2. The number of thioether (sulfide) groups is 1. The molecule has 2 rings (SSSR count). The summed E-state index contributed by atoms with van der Waals surface area (Å²) in [5.41, 5.74) is 4.53. The Morgan fingerprint density at radius 3 is 2.48 bits per heavy atom. The van der Waals surface area contributed by atoms with Crippen molar-refractivity contribution in [2.75, 3.05) is 19.5 Å². The van der Waals surface area contributed by atoms with E-state index in [-0.39, 0.29) is 12.5 Å². The Morgan fingerprint density at radius 2 is 1.81 bits per heavy atom. The van der Waals surface area contributed by atoms with Crippen LogP contribution in [0.1, 0.15) is 17.5 Å². The summed E-state index contributed by atoms with van der Waals surface area (Å²) >= 11 is 1.64. The summed E-state index contributed by atoms with van der Waals surface area (Å²) in [5, 5.41) is 3.95. The van der Waals surface area contributed by atoms with Crippen LogP contribution in [0.15, 0.2) is 58.5 Å². The first kappa shape index (κ1) is 20.5. The van der Waals surface area contributed by atoms with Crippen LogP contribution in [0, 0.1) is 6.92 Å². The average molecular weight is 386 g/mol. The highest BCUT2D eigenvalue weighted by molar-refractivity contribution is 7.99. The van der Waals surface area contributed by atoms with Gasteiger partial charge in [0.25, 0.3) is 0 Å². The number of amides is 1. The molecule has 0 fully saturated rings. The molecule has 7 heteroatoms. The smallest absolute Gasteiger partial charge is 0.343 e. The van der Waals surface area contributed by atoms with Crippen LogP contribution in [0.3, 0.4) is 0 Å². The predicted octanol–water partition coefficient (Wildman–Crippen LogP) is 3.18. The van der Waals surface area contributed by atoms with Crippen molar-refractivity contribution in [3.63, 3.8) is 0 Å². The van der Waals surface area contributed by atoms with Gasteiger partial charge in [0.2, 0.25) is 5.91 Å². The summed E-state index contributed by atoms with van der Waals surface area (Å²) in [6.45, 7) is 1.91. The topological polar surface area (TPSA) is 77.0 Å². The average Bonchev–Trinajstić information content (AvgIpc) is 2.68. The van der Waals surface area contributed by atoms with Gasteiger partial charge in [0.15, 0.2) is 6.61 Å². The van der Waals surface area contributed by atoms with Gasteiger partial charge in [0.05, 0.1) is 13.3 Å². The minimum Gasteiger partial charge on any atom is -0.482 e. The molecule has 2 aromatic carbocycles. The number of carbonyl (C=O) groups is 2. The zero-order valence-corrected chi connectivity index (χ0v) is 16.1. The molecule has 0 saturated heterocycles. The minimum atomic E-state index is -0.441. The van der Waals surface area contributed by atoms with E-state index in [1.165, 1.54) is 12.7 Å². The van der Waals surface area contributed by atoms with E-state index in [9.17, 15) is 9.59 Å². The molecule has 1 amide bonds. The molecule has 0 aromatic heterocycles. The van der Waals surface area contributed by atoms with Crippen molar-refractivity contribution in [1.29, 1.82) is 0 Å². The number of nitrogens with one attached hydrogen (secondary N) is 1. The van der Waals surface area contributed by atoms with Crippen LogP contribution in [0.25, 0.3) is 0 Å². The summed E-state index contributed by atoms with van der Waals surface area (Å²) in [7, 11) is 1.31. The molecule has 0 spiro atoms. The van der Waals surface area contributed by atoms with Gasteiger partial charge in [0.1, 0.15) is 5.75 Å². The lowest BCUT2D eigenvalue weighted by atomic mass is 10.2. The Hall–Kier alpha value is -2.80. The van der Waals surface area contributed by atoms with Crippen LogP contribution >= 0.6 is 11.8 Å². The fraction of sp³-hybridized carbons (Fsp3) is 0.250. The lowest BCUT2D eigenvalue weighted by molar-refractivity contribution is -0.142. The van der Waals surface area contributed by atoms with Gasteiger partial charge in [-0.05, 0) is 48.9 Å². The van der Waals surface area contributed by atoms with Crippen LogP contribution in [-0.2, 0) is 14.3 Å². The molecular weight excluding hydrogens is 364 g/mol. The zero-order valence-electron chi connectivity index (χ0n) is 15.3. The number of methoxy groups -OCH3 is 1. The molecule has 2 aromatic rings. The lowest BCUT2D eigenvalue weighted by Crippen LogP contribution is -2.17. The molecule has 0 aliphatic heterocycles. The summed E-state index contributed by atoms with van der Waals surface area (Å²) in [5.74, 6) is 0.666. The van der Waals surface area contributed by atoms with Crippen molar-refractivity contribution < 1.29 is 19.1 Å². The number of carbonyl (C=O) groups excluding carboxylic acids is 2.